The number of amides is 1. The summed E-state index contributed by atoms with van der Waals surface area (Å²) in [5.74, 6) is 0.0332. The lowest BCUT2D eigenvalue weighted by Crippen LogP contribution is -3.17. The maximum absolute atomic E-state index is 12.1. The lowest BCUT2D eigenvalue weighted by Gasteiger charge is -2.29. The van der Waals surface area contributed by atoms with Gasteiger partial charge in [-0.2, -0.15) is 0 Å². The Balaban J connectivity index is 1.94. The number of ketones is 1. The van der Waals surface area contributed by atoms with Gasteiger partial charge in [0.25, 0.3) is 5.91 Å². The fourth-order valence-electron chi connectivity index (χ4n) is 2.74. The molecule has 0 saturated carbocycles. The van der Waals surface area contributed by atoms with Crippen molar-refractivity contribution in [3.05, 3.63) is 29.8 Å². The van der Waals surface area contributed by atoms with Crippen LogP contribution < -0.4 is 10.2 Å². The van der Waals surface area contributed by atoms with Crippen molar-refractivity contribution in [1.82, 2.24) is 0 Å². The van der Waals surface area contributed by atoms with Crippen molar-refractivity contribution in [2.24, 2.45) is 0 Å². The molecule has 1 heterocycles. The van der Waals surface area contributed by atoms with Gasteiger partial charge in [0, 0.05) is 11.3 Å². The van der Waals surface area contributed by atoms with Crippen LogP contribution in [-0.2, 0) is 4.79 Å². The van der Waals surface area contributed by atoms with Crippen LogP contribution in [0.3, 0.4) is 0 Å². The standard InChI is InChI=1S/C16H22N2O2/c1-12-6-3-4-9-18(12)11-16(20)17-15-8-5-7-14(10-15)13(2)19/h5,7-8,10,12H,3-4,6,9,11H2,1-2H3,(H,17,20)/p+1/t12-/m1/s1. The molecule has 2 rings (SSSR count). The summed E-state index contributed by atoms with van der Waals surface area (Å²) in [7, 11) is 0. The molecule has 1 aliphatic rings. The molecule has 0 spiro atoms. The van der Waals surface area contributed by atoms with Crippen LogP contribution in [-0.4, -0.2) is 30.8 Å². The molecule has 1 saturated heterocycles. The molecule has 2 N–H and O–H groups in total. The summed E-state index contributed by atoms with van der Waals surface area (Å²) in [5, 5.41) is 2.89. The number of quaternary nitrogens is 1. The van der Waals surface area contributed by atoms with Gasteiger partial charge < -0.3 is 10.2 Å². The Morgan fingerprint density at radius 1 is 1.35 bits per heavy atom. The SMILES string of the molecule is CC(=O)c1cccc(NC(=O)C[NH+]2CCCC[C@H]2C)c1. The summed E-state index contributed by atoms with van der Waals surface area (Å²) in [6.07, 6.45) is 3.67. The van der Waals surface area contributed by atoms with E-state index in [4.69, 9.17) is 0 Å². The van der Waals surface area contributed by atoms with Crippen LogP contribution in [0.4, 0.5) is 5.69 Å². The van der Waals surface area contributed by atoms with E-state index in [1.54, 1.807) is 18.2 Å². The number of carbonyl (C=O) groups excluding carboxylic acids is 2. The quantitative estimate of drug-likeness (QED) is 0.813. The topological polar surface area (TPSA) is 50.6 Å². The van der Waals surface area contributed by atoms with Crippen LogP contribution in [0.2, 0.25) is 0 Å². The highest BCUT2D eigenvalue weighted by atomic mass is 16.2. The molecule has 0 radical (unpaired) electrons. The van der Waals surface area contributed by atoms with Gasteiger partial charge in [0.1, 0.15) is 0 Å². The van der Waals surface area contributed by atoms with Gasteiger partial charge in [0.05, 0.1) is 12.6 Å². The van der Waals surface area contributed by atoms with E-state index in [-0.39, 0.29) is 11.7 Å². The number of nitrogens with one attached hydrogen (secondary N) is 2. The Kier molecular flexibility index (Phi) is 4.90. The molecule has 20 heavy (non-hydrogen) atoms. The predicted molar refractivity (Wildman–Crippen MR) is 79.1 cm³/mol. The van der Waals surface area contributed by atoms with E-state index < -0.39 is 0 Å². The second kappa shape index (κ2) is 6.66. The first-order valence-corrected chi connectivity index (χ1v) is 7.31. The first kappa shape index (κ1) is 14.7. The maximum Gasteiger partial charge on any atom is 0.279 e. The largest absolute Gasteiger partial charge is 0.325 e. The minimum atomic E-state index is 0.0105. The van der Waals surface area contributed by atoms with Crippen molar-refractivity contribution in [2.45, 2.75) is 39.2 Å². The molecule has 1 aliphatic heterocycles. The number of carbonyl (C=O) groups is 2. The van der Waals surface area contributed by atoms with Crippen molar-refractivity contribution in [3.63, 3.8) is 0 Å². The van der Waals surface area contributed by atoms with Crippen molar-refractivity contribution in [1.29, 1.82) is 0 Å². The first-order valence-electron chi connectivity index (χ1n) is 7.31. The molecule has 0 aliphatic carbocycles. The zero-order valence-corrected chi connectivity index (χ0v) is 12.2. The third-order valence-electron chi connectivity index (χ3n) is 4.02. The summed E-state index contributed by atoms with van der Waals surface area (Å²) < 4.78 is 0. The molecule has 0 bridgehead atoms. The highest BCUT2D eigenvalue weighted by Gasteiger charge is 2.24. The Labute approximate surface area is 120 Å². The molecule has 4 heteroatoms. The fourth-order valence-corrected chi connectivity index (χ4v) is 2.74. The third kappa shape index (κ3) is 3.90. The predicted octanol–water partition coefficient (Wildman–Crippen LogP) is 1.28. The van der Waals surface area contributed by atoms with E-state index in [1.807, 2.05) is 6.07 Å². The van der Waals surface area contributed by atoms with Crippen LogP contribution in [0.25, 0.3) is 0 Å². The summed E-state index contributed by atoms with van der Waals surface area (Å²) >= 11 is 0. The summed E-state index contributed by atoms with van der Waals surface area (Å²) in [4.78, 5) is 24.8. The lowest BCUT2D eigenvalue weighted by atomic mass is 10.0. The van der Waals surface area contributed by atoms with Crippen molar-refractivity contribution in [3.8, 4) is 0 Å². The zero-order valence-electron chi connectivity index (χ0n) is 12.2. The second-order valence-corrected chi connectivity index (χ2v) is 5.67. The molecule has 1 aromatic carbocycles. The summed E-state index contributed by atoms with van der Waals surface area (Å²) in [6, 6.07) is 7.66. The minimum absolute atomic E-state index is 0.0105. The van der Waals surface area contributed by atoms with Gasteiger partial charge in [-0.1, -0.05) is 12.1 Å². The van der Waals surface area contributed by atoms with Crippen molar-refractivity contribution >= 4 is 17.4 Å². The van der Waals surface area contributed by atoms with Crippen LogP contribution in [0, 0.1) is 0 Å². The van der Waals surface area contributed by atoms with Gasteiger partial charge in [-0.05, 0) is 45.2 Å². The number of benzene rings is 1. The van der Waals surface area contributed by atoms with E-state index in [0.717, 1.165) is 6.54 Å². The highest BCUT2D eigenvalue weighted by molar-refractivity contribution is 5.97. The average Bonchev–Trinajstić information content (AvgIpc) is 2.41. The molecule has 108 valence electrons. The number of anilines is 1. The fraction of sp³-hybridized carbons (Fsp3) is 0.500. The molecule has 0 aromatic heterocycles. The number of rotatable bonds is 4. The number of hydrogen-bond acceptors (Lipinski definition) is 2. The normalized spacial score (nSPS) is 22.3. The Hall–Kier alpha value is -1.68. The van der Waals surface area contributed by atoms with Crippen LogP contribution >= 0.6 is 0 Å². The Morgan fingerprint density at radius 2 is 2.15 bits per heavy atom. The van der Waals surface area contributed by atoms with E-state index in [2.05, 4.69) is 12.2 Å². The monoisotopic (exact) mass is 275 g/mol. The molecular weight excluding hydrogens is 252 g/mol. The first-order chi connectivity index (χ1) is 9.56. The Bertz CT molecular complexity index is 499. The van der Waals surface area contributed by atoms with E-state index in [1.165, 1.54) is 31.1 Å². The van der Waals surface area contributed by atoms with Gasteiger partial charge in [0.2, 0.25) is 0 Å². The summed E-state index contributed by atoms with van der Waals surface area (Å²) in [6.45, 7) is 5.31. The Morgan fingerprint density at radius 3 is 2.85 bits per heavy atom. The molecule has 4 nitrogen and oxygen atoms in total. The third-order valence-corrected chi connectivity index (χ3v) is 4.02. The average molecular weight is 275 g/mol. The maximum atomic E-state index is 12.1. The van der Waals surface area contributed by atoms with Gasteiger partial charge in [-0.3, -0.25) is 9.59 Å². The molecular formula is C16H23N2O2+. The molecule has 1 aromatic rings. The van der Waals surface area contributed by atoms with Crippen molar-refractivity contribution < 1.29 is 14.5 Å². The number of likely N-dealkylation sites (tertiary alicyclic amines) is 1. The zero-order chi connectivity index (χ0) is 14.5. The second-order valence-electron chi connectivity index (χ2n) is 5.67. The van der Waals surface area contributed by atoms with E-state index in [9.17, 15) is 9.59 Å². The number of Topliss-reactive ketones (excluding diaryl/α,β-unsaturated/α-hetero) is 1. The van der Waals surface area contributed by atoms with Crippen LogP contribution in [0.1, 0.15) is 43.5 Å². The summed E-state index contributed by atoms with van der Waals surface area (Å²) in [5.41, 5.74) is 1.33. The van der Waals surface area contributed by atoms with E-state index in [0.29, 0.717) is 23.8 Å². The molecule has 2 atom stereocenters. The smallest absolute Gasteiger partial charge is 0.279 e. The van der Waals surface area contributed by atoms with Gasteiger partial charge in [-0.25, -0.2) is 0 Å². The minimum Gasteiger partial charge on any atom is -0.325 e. The number of piperidine rings is 1. The van der Waals surface area contributed by atoms with Gasteiger partial charge in [0.15, 0.2) is 12.3 Å². The van der Waals surface area contributed by atoms with Gasteiger partial charge >= 0.3 is 0 Å². The van der Waals surface area contributed by atoms with Crippen LogP contribution in [0.5, 0.6) is 0 Å². The lowest BCUT2D eigenvalue weighted by molar-refractivity contribution is -0.920. The van der Waals surface area contributed by atoms with Gasteiger partial charge in [-0.15, -0.1) is 0 Å². The highest BCUT2D eigenvalue weighted by Crippen LogP contribution is 2.11. The molecule has 1 amide bonds. The van der Waals surface area contributed by atoms with Crippen molar-refractivity contribution in [2.75, 3.05) is 18.4 Å². The molecule has 1 fully saturated rings. The van der Waals surface area contributed by atoms with E-state index >= 15 is 0 Å². The molecule has 1 unspecified atom stereocenters. The number of hydrogen-bond donors (Lipinski definition) is 2. The van der Waals surface area contributed by atoms with Crippen LogP contribution in [0.15, 0.2) is 24.3 Å².